The number of halogens is 1. The standard InChI is InChI=1S/C22H21ClN2O3S/c1-14-5-11-20(19(23)12-14)24-22(26)17-7-9-18(10-8-17)25-29(27,28)21-13-15(2)4-6-16(21)3/h4-13,25H,1-3H3,(H,24,26). The molecule has 0 atom stereocenters. The van der Waals surface area contributed by atoms with E-state index < -0.39 is 10.0 Å². The van der Waals surface area contributed by atoms with E-state index in [0.29, 0.717) is 27.5 Å². The van der Waals surface area contributed by atoms with Crippen molar-refractivity contribution in [2.75, 3.05) is 10.0 Å². The number of hydrogen-bond donors (Lipinski definition) is 2. The molecular formula is C22H21ClN2O3S. The monoisotopic (exact) mass is 428 g/mol. The third kappa shape index (κ3) is 4.96. The highest BCUT2D eigenvalue weighted by Gasteiger charge is 2.17. The van der Waals surface area contributed by atoms with Gasteiger partial charge < -0.3 is 5.32 Å². The van der Waals surface area contributed by atoms with Gasteiger partial charge in [-0.2, -0.15) is 0 Å². The molecule has 0 spiro atoms. The summed E-state index contributed by atoms with van der Waals surface area (Å²) in [4.78, 5) is 12.7. The molecule has 3 aromatic carbocycles. The fourth-order valence-electron chi connectivity index (χ4n) is 2.81. The lowest BCUT2D eigenvalue weighted by Gasteiger charge is -2.12. The Morgan fingerprint density at radius 1 is 0.862 bits per heavy atom. The van der Waals surface area contributed by atoms with E-state index in [4.69, 9.17) is 11.6 Å². The molecule has 0 fully saturated rings. The molecule has 0 aromatic heterocycles. The van der Waals surface area contributed by atoms with Gasteiger partial charge in [-0.25, -0.2) is 8.42 Å². The number of amides is 1. The predicted molar refractivity (Wildman–Crippen MR) is 117 cm³/mol. The van der Waals surface area contributed by atoms with E-state index in [9.17, 15) is 13.2 Å². The van der Waals surface area contributed by atoms with Gasteiger partial charge in [0.1, 0.15) is 0 Å². The summed E-state index contributed by atoms with van der Waals surface area (Å²) in [5.41, 5.74) is 3.79. The number of sulfonamides is 1. The minimum atomic E-state index is -3.73. The maximum atomic E-state index is 12.7. The first kappa shape index (κ1) is 20.9. The molecule has 1 amide bonds. The van der Waals surface area contributed by atoms with Gasteiger partial charge in [-0.1, -0.05) is 29.8 Å². The quantitative estimate of drug-likeness (QED) is 0.577. The van der Waals surface area contributed by atoms with Crippen molar-refractivity contribution < 1.29 is 13.2 Å². The van der Waals surface area contributed by atoms with Crippen LogP contribution < -0.4 is 10.0 Å². The number of hydrogen-bond acceptors (Lipinski definition) is 3. The van der Waals surface area contributed by atoms with Crippen molar-refractivity contribution in [2.45, 2.75) is 25.7 Å². The maximum Gasteiger partial charge on any atom is 0.262 e. The Kier molecular flexibility index (Phi) is 5.96. The largest absolute Gasteiger partial charge is 0.321 e. The van der Waals surface area contributed by atoms with Crippen molar-refractivity contribution in [1.82, 2.24) is 0 Å². The molecular weight excluding hydrogens is 408 g/mol. The zero-order valence-electron chi connectivity index (χ0n) is 16.3. The van der Waals surface area contributed by atoms with Gasteiger partial charge >= 0.3 is 0 Å². The zero-order valence-corrected chi connectivity index (χ0v) is 17.9. The maximum absolute atomic E-state index is 12.7. The molecule has 0 bridgehead atoms. The molecule has 3 aromatic rings. The Morgan fingerprint density at radius 3 is 2.14 bits per heavy atom. The molecule has 5 nitrogen and oxygen atoms in total. The van der Waals surface area contributed by atoms with Crippen LogP contribution in [0, 0.1) is 20.8 Å². The van der Waals surface area contributed by atoms with Gasteiger partial charge in [0.25, 0.3) is 15.9 Å². The van der Waals surface area contributed by atoms with Crippen LogP contribution in [-0.4, -0.2) is 14.3 Å². The molecule has 0 saturated heterocycles. The van der Waals surface area contributed by atoms with Gasteiger partial charge in [-0.15, -0.1) is 0 Å². The minimum Gasteiger partial charge on any atom is -0.321 e. The summed E-state index contributed by atoms with van der Waals surface area (Å²) in [7, 11) is -3.73. The smallest absolute Gasteiger partial charge is 0.262 e. The van der Waals surface area contributed by atoms with Gasteiger partial charge in [0, 0.05) is 11.3 Å². The number of carbonyl (C=O) groups excluding carboxylic acids is 1. The average Bonchev–Trinajstić information content (AvgIpc) is 2.66. The fraction of sp³-hybridized carbons (Fsp3) is 0.136. The Morgan fingerprint density at radius 2 is 1.48 bits per heavy atom. The molecule has 7 heteroatoms. The fourth-order valence-corrected chi connectivity index (χ4v) is 4.48. The summed E-state index contributed by atoms with van der Waals surface area (Å²) in [6.45, 7) is 5.50. The number of anilines is 2. The summed E-state index contributed by atoms with van der Waals surface area (Å²) in [5.74, 6) is -0.334. The van der Waals surface area contributed by atoms with Crippen molar-refractivity contribution >= 4 is 38.9 Å². The van der Waals surface area contributed by atoms with Crippen LogP contribution in [0.1, 0.15) is 27.0 Å². The molecule has 2 N–H and O–H groups in total. The van der Waals surface area contributed by atoms with E-state index in [-0.39, 0.29) is 10.8 Å². The molecule has 29 heavy (non-hydrogen) atoms. The topological polar surface area (TPSA) is 75.3 Å². The molecule has 0 heterocycles. The van der Waals surface area contributed by atoms with E-state index in [1.165, 1.54) is 0 Å². The number of rotatable bonds is 5. The molecule has 0 radical (unpaired) electrons. The molecule has 0 aliphatic carbocycles. The lowest BCUT2D eigenvalue weighted by Crippen LogP contribution is -2.15. The Hall–Kier alpha value is -2.83. The molecule has 0 unspecified atom stereocenters. The first-order valence-electron chi connectivity index (χ1n) is 8.93. The lowest BCUT2D eigenvalue weighted by molar-refractivity contribution is 0.102. The first-order chi connectivity index (χ1) is 13.7. The normalized spacial score (nSPS) is 11.2. The number of carbonyl (C=O) groups is 1. The van der Waals surface area contributed by atoms with Crippen LogP contribution in [0.2, 0.25) is 5.02 Å². The van der Waals surface area contributed by atoms with E-state index in [1.807, 2.05) is 26.0 Å². The van der Waals surface area contributed by atoms with E-state index >= 15 is 0 Å². The van der Waals surface area contributed by atoms with E-state index in [2.05, 4.69) is 10.0 Å². The average molecular weight is 429 g/mol. The van der Waals surface area contributed by atoms with Crippen LogP contribution in [0.25, 0.3) is 0 Å². The summed E-state index contributed by atoms with van der Waals surface area (Å²) in [5, 5.41) is 3.21. The molecule has 0 aliphatic heterocycles. The van der Waals surface area contributed by atoms with Crippen LogP contribution in [-0.2, 0) is 10.0 Å². The molecule has 0 aliphatic rings. The Labute approximate surface area is 175 Å². The highest BCUT2D eigenvalue weighted by molar-refractivity contribution is 7.92. The second-order valence-electron chi connectivity index (χ2n) is 6.89. The molecule has 3 rings (SSSR count). The SMILES string of the molecule is Cc1ccc(NC(=O)c2ccc(NS(=O)(=O)c3cc(C)ccc3C)cc2)c(Cl)c1. The van der Waals surface area contributed by atoms with Crippen molar-refractivity contribution in [2.24, 2.45) is 0 Å². The van der Waals surface area contributed by atoms with Crippen LogP contribution in [0.5, 0.6) is 0 Å². The predicted octanol–water partition coefficient (Wildman–Crippen LogP) is 5.32. The van der Waals surface area contributed by atoms with Crippen LogP contribution in [0.15, 0.2) is 65.6 Å². The van der Waals surface area contributed by atoms with Crippen molar-refractivity contribution in [3.8, 4) is 0 Å². The third-order valence-electron chi connectivity index (χ3n) is 4.41. The van der Waals surface area contributed by atoms with Crippen LogP contribution in [0.4, 0.5) is 11.4 Å². The van der Waals surface area contributed by atoms with Crippen molar-refractivity contribution in [1.29, 1.82) is 0 Å². The third-order valence-corrected chi connectivity index (χ3v) is 6.24. The number of benzene rings is 3. The van der Waals surface area contributed by atoms with E-state index in [0.717, 1.165) is 11.1 Å². The van der Waals surface area contributed by atoms with Crippen LogP contribution >= 0.6 is 11.6 Å². The second-order valence-corrected chi connectivity index (χ2v) is 8.95. The lowest BCUT2D eigenvalue weighted by atomic mass is 10.2. The first-order valence-corrected chi connectivity index (χ1v) is 10.8. The van der Waals surface area contributed by atoms with Gasteiger partial charge in [-0.3, -0.25) is 9.52 Å². The van der Waals surface area contributed by atoms with Gasteiger partial charge in [0.15, 0.2) is 0 Å². The molecule has 0 saturated carbocycles. The summed E-state index contributed by atoms with van der Waals surface area (Å²) in [6.07, 6.45) is 0. The van der Waals surface area contributed by atoms with Crippen molar-refractivity contribution in [3.63, 3.8) is 0 Å². The highest BCUT2D eigenvalue weighted by Crippen LogP contribution is 2.24. The minimum absolute atomic E-state index is 0.230. The van der Waals surface area contributed by atoms with E-state index in [1.54, 1.807) is 55.5 Å². The number of aryl methyl sites for hydroxylation is 3. The van der Waals surface area contributed by atoms with Gasteiger partial charge in [0.2, 0.25) is 0 Å². The van der Waals surface area contributed by atoms with Crippen molar-refractivity contribution in [3.05, 3.63) is 87.9 Å². The highest BCUT2D eigenvalue weighted by atomic mass is 35.5. The summed E-state index contributed by atoms with van der Waals surface area (Å²) < 4.78 is 27.9. The number of nitrogens with one attached hydrogen (secondary N) is 2. The molecule has 150 valence electrons. The Balaban J connectivity index is 1.76. The van der Waals surface area contributed by atoms with Gasteiger partial charge in [-0.05, 0) is 79.9 Å². The second kappa shape index (κ2) is 8.27. The van der Waals surface area contributed by atoms with Gasteiger partial charge in [0.05, 0.1) is 15.6 Å². The summed E-state index contributed by atoms with van der Waals surface area (Å²) in [6, 6.07) is 16.8. The summed E-state index contributed by atoms with van der Waals surface area (Å²) >= 11 is 6.15. The zero-order chi connectivity index (χ0) is 21.2. The van der Waals surface area contributed by atoms with Crippen LogP contribution in [0.3, 0.4) is 0 Å². The Bertz CT molecular complexity index is 1170.